The van der Waals surface area contributed by atoms with E-state index in [0.29, 0.717) is 6.42 Å². The van der Waals surface area contributed by atoms with Gasteiger partial charge in [0.2, 0.25) is 0 Å². The van der Waals surface area contributed by atoms with Crippen molar-refractivity contribution in [1.82, 2.24) is 10.6 Å². The molecular formula is C12H20N2O3. The molecular weight excluding hydrogens is 220 g/mol. The monoisotopic (exact) mass is 240 g/mol. The molecule has 0 rings (SSSR count). The predicted octanol–water partition coefficient (Wildman–Crippen LogP) is 1.20. The highest BCUT2D eigenvalue weighted by atomic mass is 16.4. The van der Waals surface area contributed by atoms with Gasteiger partial charge in [0.25, 0.3) is 0 Å². The molecule has 0 aliphatic carbocycles. The first-order valence-electron chi connectivity index (χ1n) is 5.41. The number of terminal acetylenes is 1. The molecule has 0 spiro atoms. The van der Waals surface area contributed by atoms with Crippen molar-refractivity contribution in [3.8, 4) is 12.3 Å². The molecule has 0 aliphatic rings. The molecule has 0 aromatic heterocycles. The van der Waals surface area contributed by atoms with Crippen molar-refractivity contribution in [3.05, 3.63) is 0 Å². The van der Waals surface area contributed by atoms with E-state index in [2.05, 4.69) is 16.6 Å². The summed E-state index contributed by atoms with van der Waals surface area (Å²) in [5, 5.41) is 14.0. The van der Waals surface area contributed by atoms with Crippen molar-refractivity contribution in [2.24, 2.45) is 5.41 Å². The summed E-state index contributed by atoms with van der Waals surface area (Å²) in [5.74, 6) is 1.36. The highest BCUT2D eigenvalue weighted by Gasteiger charge is 2.32. The molecule has 0 aromatic carbocycles. The first-order valence-corrected chi connectivity index (χ1v) is 5.41. The third kappa shape index (κ3) is 5.81. The normalized spacial score (nSPS) is 14.3. The van der Waals surface area contributed by atoms with E-state index in [9.17, 15) is 9.59 Å². The lowest BCUT2D eigenvalue weighted by Crippen LogP contribution is -2.53. The van der Waals surface area contributed by atoms with E-state index in [4.69, 9.17) is 11.5 Å². The van der Waals surface area contributed by atoms with Crippen LogP contribution in [0.25, 0.3) is 0 Å². The molecule has 2 unspecified atom stereocenters. The van der Waals surface area contributed by atoms with E-state index in [-0.39, 0.29) is 6.04 Å². The van der Waals surface area contributed by atoms with Gasteiger partial charge in [-0.3, -0.25) is 0 Å². The number of carbonyl (C=O) groups is 2. The third-order valence-electron chi connectivity index (χ3n) is 2.19. The minimum atomic E-state index is -1.06. The van der Waals surface area contributed by atoms with E-state index in [1.165, 1.54) is 0 Å². The first-order chi connectivity index (χ1) is 7.68. The Morgan fingerprint density at radius 2 is 1.88 bits per heavy atom. The molecule has 0 bridgehead atoms. The van der Waals surface area contributed by atoms with Gasteiger partial charge < -0.3 is 15.7 Å². The topological polar surface area (TPSA) is 78.4 Å². The highest BCUT2D eigenvalue weighted by Crippen LogP contribution is 2.19. The molecule has 0 fully saturated rings. The van der Waals surface area contributed by atoms with Crippen LogP contribution < -0.4 is 10.6 Å². The molecule has 0 aliphatic heterocycles. The number of urea groups is 1. The standard InChI is InChI=1S/C12H20N2O3/c1-6-7-8(2)13-11(17)14-9(10(15)16)12(3,4)5/h1,8-9H,7H2,2-5H3,(H,15,16)(H2,13,14,17). The van der Waals surface area contributed by atoms with Crippen molar-refractivity contribution in [3.63, 3.8) is 0 Å². The van der Waals surface area contributed by atoms with Crippen LogP contribution in [0.4, 0.5) is 4.79 Å². The maximum atomic E-state index is 11.5. The quantitative estimate of drug-likeness (QED) is 0.646. The average Bonchev–Trinajstić information content (AvgIpc) is 2.12. The van der Waals surface area contributed by atoms with Crippen LogP contribution in [0.15, 0.2) is 0 Å². The summed E-state index contributed by atoms with van der Waals surface area (Å²) in [6.07, 6.45) is 5.51. The number of aliphatic carboxylic acids is 1. The molecule has 2 atom stereocenters. The van der Waals surface area contributed by atoms with E-state index >= 15 is 0 Å². The summed E-state index contributed by atoms with van der Waals surface area (Å²) in [4.78, 5) is 22.6. The fourth-order valence-corrected chi connectivity index (χ4v) is 1.27. The molecule has 0 saturated carbocycles. The molecule has 0 radical (unpaired) electrons. The SMILES string of the molecule is C#CCC(C)NC(=O)NC(C(=O)O)C(C)(C)C. The molecule has 5 nitrogen and oxygen atoms in total. The molecule has 5 heteroatoms. The van der Waals surface area contributed by atoms with Gasteiger partial charge in [-0.1, -0.05) is 20.8 Å². The molecule has 0 saturated heterocycles. The Bertz CT molecular complexity index is 326. The lowest BCUT2D eigenvalue weighted by Gasteiger charge is -2.28. The fraction of sp³-hybridized carbons (Fsp3) is 0.667. The summed E-state index contributed by atoms with van der Waals surface area (Å²) >= 11 is 0. The molecule has 17 heavy (non-hydrogen) atoms. The second kappa shape index (κ2) is 6.14. The maximum Gasteiger partial charge on any atom is 0.326 e. The molecule has 2 amide bonds. The summed E-state index contributed by atoms with van der Waals surface area (Å²) in [6, 6.07) is -1.65. The van der Waals surface area contributed by atoms with E-state index in [1.807, 2.05) is 0 Å². The zero-order valence-electron chi connectivity index (χ0n) is 10.7. The largest absolute Gasteiger partial charge is 0.480 e. The number of hydrogen-bond donors (Lipinski definition) is 3. The van der Waals surface area contributed by atoms with Gasteiger partial charge in [-0.05, 0) is 12.3 Å². The van der Waals surface area contributed by atoms with Crippen LogP contribution in [-0.2, 0) is 4.79 Å². The van der Waals surface area contributed by atoms with Crippen LogP contribution in [0.2, 0.25) is 0 Å². The number of carboxylic acid groups (broad SMARTS) is 1. The van der Waals surface area contributed by atoms with E-state index in [1.54, 1.807) is 27.7 Å². The maximum absolute atomic E-state index is 11.5. The molecule has 0 aromatic rings. The highest BCUT2D eigenvalue weighted by molar-refractivity contribution is 5.83. The van der Waals surface area contributed by atoms with Gasteiger partial charge in [0, 0.05) is 12.5 Å². The summed E-state index contributed by atoms with van der Waals surface area (Å²) < 4.78 is 0. The minimum Gasteiger partial charge on any atom is -0.480 e. The van der Waals surface area contributed by atoms with Crippen LogP contribution in [-0.4, -0.2) is 29.2 Å². The minimum absolute atomic E-state index is 0.186. The number of hydrogen-bond acceptors (Lipinski definition) is 2. The van der Waals surface area contributed by atoms with Gasteiger partial charge in [0.05, 0.1) is 0 Å². The zero-order chi connectivity index (χ0) is 13.6. The lowest BCUT2D eigenvalue weighted by molar-refractivity contribution is -0.141. The Balaban J connectivity index is 4.44. The van der Waals surface area contributed by atoms with E-state index < -0.39 is 23.5 Å². The first kappa shape index (κ1) is 15.3. The van der Waals surface area contributed by atoms with Crippen molar-refractivity contribution in [1.29, 1.82) is 0 Å². The van der Waals surface area contributed by atoms with Gasteiger partial charge in [0.1, 0.15) is 6.04 Å². The molecule has 3 N–H and O–H groups in total. The van der Waals surface area contributed by atoms with Crippen LogP contribution in [0, 0.1) is 17.8 Å². The van der Waals surface area contributed by atoms with E-state index in [0.717, 1.165) is 0 Å². The summed E-state index contributed by atoms with van der Waals surface area (Å²) in [6.45, 7) is 7.00. The fourth-order valence-electron chi connectivity index (χ4n) is 1.27. The van der Waals surface area contributed by atoms with Crippen LogP contribution in [0.5, 0.6) is 0 Å². The number of rotatable bonds is 4. The Kier molecular flexibility index (Phi) is 5.52. The van der Waals surface area contributed by atoms with Crippen molar-refractivity contribution < 1.29 is 14.7 Å². The molecule has 0 heterocycles. The van der Waals surface area contributed by atoms with Crippen LogP contribution in [0.3, 0.4) is 0 Å². The Morgan fingerprint density at radius 1 is 1.35 bits per heavy atom. The number of carbonyl (C=O) groups excluding carboxylic acids is 1. The Morgan fingerprint density at radius 3 is 2.24 bits per heavy atom. The van der Waals surface area contributed by atoms with Crippen molar-refractivity contribution >= 4 is 12.0 Å². The van der Waals surface area contributed by atoms with Crippen molar-refractivity contribution in [2.75, 3.05) is 0 Å². The molecule has 96 valence electrons. The van der Waals surface area contributed by atoms with Gasteiger partial charge in [-0.25, -0.2) is 9.59 Å². The van der Waals surface area contributed by atoms with Crippen LogP contribution >= 0.6 is 0 Å². The second-order valence-electron chi connectivity index (χ2n) is 5.06. The number of amides is 2. The smallest absolute Gasteiger partial charge is 0.326 e. The van der Waals surface area contributed by atoms with Gasteiger partial charge >= 0.3 is 12.0 Å². The van der Waals surface area contributed by atoms with Crippen LogP contribution in [0.1, 0.15) is 34.1 Å². The lowest BCUT2D eigenvalue weighted by atomic mass is 9.87. The zero-order valence-corrected chi connectivity index (χ0v) is 10.7. The average molecular weight is 240 g/mol. The number of carboxylic acids is 1. The van der Waals surface area contributed by atoms with Crippen molar-refractivity contribution in [2.45, 2.75) is 46.2 Å². The number of nitrogens with one attached hydrogen (secondary N) is 2. The second-order valence-corrected chi connectivity index (χ2v) is 5.06. The third-order valence-corrected chi connectivity index (χ3v) is 2.19. The summed E-state index contributed by atoms with van der Waals surface area (Å²) in [5.41, 5.74) is -0.557. The Hall–Kier alpha value is -1.70. The predicted molar refractivity (Wildman–Crippen MR) is 65.5 cm³/mol. The van der Waals surface area contributed by atoms with Gasteiger partial charge in [0.15, 0.2) is 0 Å². The Labute approximate surface area is 102 Å². The van der Waals surface area contributed by atoms with Gasteiger partial charge in [-0.2, -0.15) is 0 Å². The summed E-state index contributed by atoms with van der Waals surface area (Å²) in [7, 11) is 0. The van der Waals surface area contributed by atoms with Gasteiger partial charge in [-0.15, -0.1) is 12.3 Å².